The number of rotatable bonds is 4. The van der Waals surface area contributed by atoms with Gasteiger partial charge in [0, 0.05) is 0 Å². The second-order valence-corrected chi connectivity index (χ2v) is 11.6. The third-order valence-electron chi connectivity index (χ3n) is 8.95. The van der Waals surface area contributed by atoms with Crippen molar-refractivity contribution in [3.05, 3.63) is 170 Å². The summed E-state index contributed by atoms with van der Waals surface area (Å²) in [6, 6.07) is 59.9. The van der Waals surface area contributed by atoms with Gasteiger partial charge in [0.05, 0.1) is 0 Å². The van der Waals surface area contributed by atoms with Gasteiger partial charge in [-0.15, -0.1) is 0 Å². The van der Waals surface area contributed by atoms with Crippen LogP contribution in [-0.2, 0) is 0 Å². The lowest BCUT2D eigenvalue weighted by Crippen LogP contribution is -1.98. The highest BCUT2D eigenvalue weighted by Gasteiger charge is 2.20. The molecule has 216 valence electrons. The summed E-state index contributed by atoms with van der Waals surface area (Å²) in [6.07, 6.45) is 0. The third-order valence-corrected chi connectivity index (χ3v) is 8.95. The lowest BCUT2D eigenvalue weighted by Gasteiger charge is -2.21. The highest BCUT2D eigenvalue weighted by molar-refractivity contribution is 6.22. The number of ether oxygens (including phenoxy) is 2. The zero-order chi connectivity index (χ0) is 30.5. The quantitative estimate of drug-likeness (QED) is 0.190. The molecule has 0 saturated carbocycles. The molecule has 0 radical (unpaired) electrons. The molecule has 1 aliphatic heterocycles. The summed E-state index contributed by atoms with van der Waals surface area (Å²) in [5.74, 6) is 2.92. The molecule has 0 aliphatic carbocycles. The van der Waals surface area contributed by atoms with Crippen molar-refractivity contribution in [2.75, 3.05) is 0 Å². The molecule has 0 fully saturated rings. The lowest BCUT2D eigenvalue weighted by atomic mass is 9.83. The molecule has 0 bridgehead atoms. The summed E-state index contributed by atoms with van der Waals surface area (Å²) in [6.45, 7) is 0. The minimum absolute atomic E-state index is 0.726. The minimum atomic E-state index is 0.726. The van der Waals surface area contributed by atoms with Crippen molar-refractivity contribution in [1.82, 2.24) is 0 Å². The van der Waals surface area contributed by atoms with Crippen LogP contribution in [0, 0.1) is 0 Å². The van der Waals surface area contributed by atoms with Gasteiger partial charge in [0.2, 0.25) is 0 Å². The van der Waals surface area contributed by atoms with E-state index in [1.54, 1.807) is 0 Å². The molecule has 0 aromatic heterocycles. The minimum Gasteiger partial charge on any atom is -0.450 e. The van der Waals surface area contributed by atoms with E-state index in [0.717, 1.165) is 34.1 Å². The van der Waals surface area contributed by atoms with Crippen molar-refractivity contribution in [2.45, 2.75) is 0 Å². The third kappa shape index (κ3) is 4.35. The van der Waals surface area contributed by atoms with E-state index in [1.807, 2.05) is 30.3 Å². The van der Waals surface area contributed by atoms with Crippen LogP contribution in [-0.4, -0.2) is 0 Å². The molecule has 0 spiro atoms. The molecule has 1 aliphatic rings. The molecule has 9 rings (SSSR count). The molecule has 2 heteroatoms. The maximum absolute atomic E-state index is 6.19. The normalized spacial score (nSPS) is 11.8. The smallest absolute Gasteiger partial charge is 0.170 e. The molecule has 0 atom stereocenters. The van der Waals surface area contributed by atoms with Crippen LogP contribution in [0.1, 0.15) is 0 Å². The van der Waals surface area contributed by atoms with E-state index in [-0.39, 0.29) is 0 Å². The zero-order valence-corrected chi connectivity index (χ0v) is 25.0. The van der Waals surface area contributed by atoms with Crippen molar-refractivity contribution in [3.63, 3.8) is 0 Å². The van der Waals surface area contributed by atoms with Gasteiger partial charge in [0.15, 0.2) is 23.0 Å². The molecule has 2 nitrogen and oxygen atoms in total. The van der Waals surface area contributed by atoms with Crippen molar-refractivity contribution in [1.29, 1.82) is 0 Å². The number of para-hydroxylation sites is 2. The number of benzene rings is 8. The first-order valence-electron chi connectivity index (χ1n) is 15.6. The van der Waals surface area contributed by atoms with Crippen LogP contribution in [0.5, 0.6) is 23.0 Å². The molecule has 0 saturated heterocycles. The van der Waals surface area contributed by atoms with Crippen molar-refractivity contribution in [3.8, 4) is 67.5 Å². The second kappa shape index (κ2) is 10.8. The average molecular weight is 589 g/mol. The van der Waals surface area contributed by atoms with E-state index in [4.69, 9.17) is 9.47 Å². The van der Waals surface area contributed by atoms with Crippen LogP contribution in [0.4, 0.5) is 0 Å². The van der Waals surface area contributed by atoms with Gasteiger partial charge in [-0.05, 0) is 90.3 Å². The molecule has 46 heavy (non-hydrogen) atoms. The Morgan fingerprint density at radius 1 is 0.261 bits per heavy atom. The average Bonchev–Trinajstić information content (AvgIpc) is 3.13. The maximum atomic E-state index is 6.19. The van der Waals surface area contributed by atoms with E-state index in [0.29, 0.717) is 0 Å². The van der Waals surface area contributed by atoms with Gasteiger partial charge in [-0.3, -0.25) is 0 Å². The number of hydrogen-bond acceptors (Lipinski definition) is 2. The first-order chi connectivity index (χ1) is 22.8. The Morgan fingerprint density at radius 3 is 1.37 bits per heavy atom. The first kappa shape index (κ1) is 26.3. The van der Waals surface area contributed by atoms with E-state index in [1.165, 1.54) is 54.9 Å². The van der Waals surface area contributed by atoms with E-state index in [2.05, 4.69) is 140 Å². The molecular weight excluding hydrogens is 560 g/mol. The molecule has 8 aromatic rings. The summed E-state index contributed by atoms with van der Waals surface area (Å²) < 4.78 is 12.3. The Kier molecular flexibility index (Phi) is 6.17. The zero-order valence-electron chi connectivity index (χ0n) is 25.0. The summed E-state index contributed by atoms with van der Waals surface area (Å²) in [4.78, 5) is 0. The Bertz CT molecular complexity index is 2350. The number of hydrogen-bond donors (Lipinski definition) is 0. The summed E-state index contributed by atoms with van der Waals surface area (Å²) in [5, 5.41) is 4.97. The van der Waals surface area contributed by atoms with Gasteiger partial charge in [0.25, 0.3) is 0 Å². The van der Waals surface area contributed by atoms with Crippen LogP contribution >= 0.6 is 0 Å². The van der Waals surface area contributed by atoms with Gasteiger partial charge in [-0.2, -0.15) is 0 Å². The van der Waals surface area contributed by atoms with Crippen LogP contribution in [0.25, 0.3) is 66.1 Å². The Labute approximate surface area is 267 Å². The van der Waals surface area contributed by atoms with Gasteiger partial charge >= 0.3 is 0 Å². The van der Waals surface area contributed by atoms with Crippen LogP contribution in [0.2, 0.25) is 0 Å². The van der Waals surface area contributed by atoms with Gasteiger partial charge < -0.3 is 9.47 Å². The fraction of sp³-hybridized carbons (Fsp3) is 0. The van der Waals surface area contributed by atoms with Crippen molar-refractivity contribution < 1.29 is 9.47 Å². The second-order valence-electron chi connectivity index (χ2n) is 11.6. The van der Waals surface area contributed by atoms with Crippen molar-refractivity contribution >= 4 is 21.5 Å². The highest BCUT2D eigenvalue weighted by Crippen LogP contribution is 2.48. The van der Waals surface area contributed by atoms with Gasteiger partial charge in [-0.1, -0.05) is 146 Å². The van der Waals surface area contributed by atoms with Gasteiger partial charge in [-0.25, -0.2) is 0 Å². The molecule has 1 heterocycles. The molecule has 8 aromatic carbocycles. The fourth-order valence-corrected chi connectivity index (χ4v) is 6.84. The summed E-state index contributed by atoms with van der Waals surface area (Å²) in [7, 11) is 0. The summed E-state index contributed by atoms with van der Waals surface area (Å²) in [5.41, 5.74) is 9.59. The molecule has 0 amide bonds. The largest absolute Gasteiger partial charge is 0.450 e. The molecule has 0 unspecified atom stereocenters. The van der Waals surface area contributed by atoms with E-state index >= 15 is 0 Å². The van der Waals surface area contributed by atoms with Crippen molar-refractivity contribution in [2.24, 2.45) is 0 Å². The van der Waals surface area contributed by atoms with Crippen LogP contribution in [0.3, 0.4) is 0 Å². The predicted molar refractivity (Wildman–Crippen MR) is 190 cm³/mol. The standard InChI is InChI=1S/C44H28O2/c1-2-12-30(13-3-1)33-14-4-5-15-34(33)44-37-18-8-6-16-35(37)43(36-17-7-9-19-38(36)44)31-24-22-29(23-25-31)32-26-27-41-42(28-32)46-40-21-11-10-20-39(40)45-41/h1-28H. The number of fused-ring (bicyclic) bond motifs is 4. The summed E-state index contributed by atoms with van der Waals surface area (Å²) >= 11 is 0. The fourth-order valence-electron chi connectivity index (χ4n) is 6.84. The topological polar surface area (TPSA) is 18.5 Å². The molecular formula is C44H28O2. The Balaban J connectivity index is 1.18. The first-order valence-corrected chi connectivity index (χ1v) is 15.6. The monoisotopic (exact) mass is 588 g/mol. The van der Waals surface area contributed by atoms with Gasteiger partial charge in [0.1, 0.15) is 0 Å². The Morgan fingerprint density at radius 2 is 0.717 bits per heavy atom. The van der Waals surface area contributed by atoms with Crippen LogP contribution < -0.4 is 9.47 Å². The van der Waals surface area contributed by atoms with E-state index in [9.17, 15) is 0 Å². The lowest BCUT2D eigenvalue weighted by molar-refractivity contribution is 0.360. The van der Waals surface area contributed by atoms with E-state index < -0.39 is 0 Å². The van der Waals surface area contributed by atoms with Crippen LogP contribution in [0.15, 0.2) is 170 Å². The molecule has 0 N–H and O–H groups in total. The maximum Gasteiger partial charge on any atom is 0.170 e. The highest BCUT2D eigenvalue weighted by atomic mass is 16.6. The predicted octanol–water partition coefficient (Wildman–Crippen LogP) is 12.6. The Hall–Kier alpha value is -6.12. The SMILES string of the molecule is c1ccc(-c2ccccc2-c2c3ccccc3c(-c3ccc(-c4ccc5c(c4)Oc4ccccc4O5)cc3)c3ccccc23)cc1.